The number of nitrogens with one attached hydrogen (secondary N) is 1. The quantitative estimate of drug-likeness (QED) is 0.456. The van der Waals surface area contributed by atoms with Crippen LogP contribution in [0.15, 0.2) is 23.2 Å². The first-order chi connectivity index (χ1) is 10.7. The lowest BCUT2D eigenvalue weighted by Crippen LogP contribution is -2.53. The number of guanidine groups is 1. The maximum absolute atomic E-state index is 4.45. The summed E-state index contributed by atoms with van der Waals surface area (Å²) in [7, 11) is 1.90. The van der Waals surface area contributed by atoms with E-state index in [2.05, 4.69) is 52.2 Å². The van der Waals surface area contributed by atoms with E-state index in [0.29, 0.717) is 0 Å². The molecule has 2 fully saturated rings. The second-order valence-corrected chi connectivity index (χ2v) is 6.56. The van der Waals surface area contributed by atoms with Crippen LogP contribution >= 0.6 is 24.0 Å². The summed E-state index contributed by atoms with van der Waals surface area (Å²) >= 11 is 0. The molecule has 1 aromatic carbocycles. The Balaban J connectivity index is 0.00000192. The van der Waals surface area contributed by atoms with E-state index in [1.54, 1.807) is 0 Å². The monoisotopic (exact) mass is 428 g/mol. The Morgan fingerprint density at radius 2 is 1.87 bits per heavy atom. The van der Waals surface area contributed by atoms with E-state index < -0.39 is 0 Å². The van der Waals surface area contributed by atoms with Gasteiger partial charge in [0.2, 0.25) is 0 Å². The highest BCUT2D eigenvalue weighted by molar-refractivity contribution is 14.0. The second-order valence-electron chi connectivity index (χ2n) is 6.56. The van der Waals surface area contributed by atoms with Crippen molar-refractivity contribution in [3.8, 4) is 0 Å². The Hall–Kier alpha value is -0.980. The third kappa shape index (κ3) is 4.52. The predicted molar refractivity (Wildman–Crippen MR) is 109 cm³/mol. The summed E-state index contributed by atoms with van der Waals surface area (Å²) in [6, 6.07) is 6.61. The number of anilines is 1. The average Bonchev–Trinajstić information content (AvgIpc) is 3.36. The summed E-state index contributed by atoms with van der Waals surface area (Å²) in [5.74, 6) is 1.96. The van der Waals surface area contributed by atoms with Crippen LogP contribution in [-0.2, 0) is 0 Å². The molecular weight excluding hydrogens is 399 g/mol. The molecular formula is C18H29IN4. The zero-order chi connectivity index (χ0) is 15.5. The zero-order valence-electron chi connectivity index (χ0n) is 14.5. The van der Waals surface area contributed by atoms with Gasteiger partial charge in [-0.15, -0.1) is 24.0 Å². The van der Waals surface area contributed by atoms with Crippen molar-refractivity contribution in [3.05, 3.63) is 29.3 Å². The normalized spacial score (nSPS) is 18.7. The highest BCUT2D eigenvalue weighted by Gasteiger charge is 2.24. The maximum Gasteiger partial charge on any atom is 0.193 e. The van der Waals surface area contributed by atoms with Gasteiger partial charge in [-0.1, -0.05) is 12.1 Å². The van der Waals surface area contributed by atoms with Crippen molar-refractivity contribution >= 4 is 35.6 Å². The number of hydrogen-bond donors (Lipinski definition) is 1. The first kappa shape index (κ1) is 18.4. The van der Waals surface area contributed by atoms with Gasteiger partial charge in [-0.3, -0.25) is 4.99 Å². The number of aliphatic imine (C=N–C) groups is 1. The minimum Gasteiger partial charge on any atom is -0.368 e. The molecule has 4 nitrogen and oxygen atoms in total. The molecule has 0 radical (unpaired) electrons. The molecule has 5 heteroatoms. The van der Waals surface area contributed by atoms with Gasteiger partial charge >= 0.3 is 0 Å². The molecule has 1 aliphatic carbocycles. The van der Waals surface area contributed by atoms with Crippen LogP contribution in [0.2, 0.25) is 0 Å². The van der Waals surface area contributed by atoms with Crippen molar-refractivity contribution in [2.75, 3.05) is 44.7 Å². The first-order valence-corrected chi connectivity index (χ1v) is 8.46. The Bertz CT molecular complexity index is 546. The summed E-state index contributed by atoms with van der Waals surface area (Å²) in [4.78, 5) is 9.35. The van der Waals surface area contributed by atoms with Gasteiger partial charge in [0.05, 0.1) is 0 Å². The molecule has 1 heterocycles. The van der Waals surface area contributed by atoms with Crippen LogP contribution in [0.5, 0.6) is 0 Å². The van der Waals surface area contributed by atoms with E-state index in [1.807, 2.05) is 7.05 Å². The fourth-order valence-electron chi connectivity index (χ4n) is 3.13. The molecule has 0 atom stereocenters. The van der Waals surface area contributed by atoms with Crippen LogP contribution < -0.4 is 10.2 Å². The Kier molecular flexibility index (Phi) is 6.56. The molecule has 1 aromatic rings. The fourth-order valence-corrected chi connectivity index (χ4v) is 3.13. The molecule has 1 saturated heterocycles. The van der Waals surface area contributed by atoms with Gasteiger partial charge in [0.1, 0.15) is 0 Å². The van der Waals surface area contributed by atoms with E-state index in [9.17, 15) is 0 Å². The molecule has 128 valence electrons. The van der Waals surface area contributed by atoms with E-state index in [1.165, 1.54) is 29.7 Å². The standard InChI is InChI=1S/C18H28N4.HI/c1-14-5-4-6-17(15(14)2)21-9-11-22(12-10-21)18(19-3)20-13-16-7-8-16;/h4-6,16H,7-13H2,1-3H3,(H,19,20);1H. The second kappa shape index (κ2) is 8.22. The number of aryl methyl sites for hydroxylation is 1. The topological polar surface area (TPSA) is 30.9 Å². The highest BCUT2D eigenvalue weighted by Crippen LogP contribution is 2.27. The minimum atomic E-state index is 0. The lowest BCUT2D eigenvalue weighted by Gasteiger charge is -2.38. The van der Waals surface area contributed by atoms with Crippen molar-refractivity contribution in [2.24, 2.45) is 10.9 Å². The van der Waals surface area contributed by atoms with Crippen molar-refractivity contribution in [1.82, 2.24) is 10.2 Å². The molecule has 1 aliphatic heterocycles. The molecule has 23 heavy (non-hydrogen) atoms. The third-order valence-electron chi connectivity index (χ3n) is 4.95. The summed E-state index contributed by atoms with van der Waals surface area (Å²) in [5.41, 5.74) is 4.18. The largest absolute Gasteiger partial charge is 0.368 e. The summed E-state index contributed by atoms with van der Waals surface area (Å²) in [6.45, 7) is 9.72. The van der Waals surface area contributed by atoms with Crippen molar-refractivity contribution in [1.29, 1.82) is 0 Å². The number of benzene rings is 1. The van der Waals surface area contributed by atoms with Crippen LogP contribution in [0.25, 0.3) is 0 Å². The van der Waals surface area contributed by atoms with Crippen LogP contribution in [-0.4, -0.2) is 50.6 Å². The van der Waals surface area contributed by atoms with Gasteiger partial charge in [-0.05, 0) is 49.8 Å². The van der Waals surface area contributed by atoms with E-state index in [-0.39, 0.29) is 24.0 Å². The molecule has 0 aromatic heterocycles. The third-order valence-corrected chi connectivity index (χ3v) is 4.95. The predicted octanol–water partition coefficient (Wildman–Crippen LogP) is 3.03. The number of halogens is 1. The molecule has 3 rings (SSSR count). The number of hydrogen-bond acceptors (Lipinski definition) is 2. The lowest BCUT2D eigenvalue weighted by molar-refractivity contribution is 0.372. The fraction of sp³-hybridized carbons (Fsp3) is 0.611. The minimum absolute atomic E-state index is 0. The number of rotatable bonds is 3. The Morgan fingerprint density at radius 3 is 2.48 bits per heavy atom. The van der Waals surface area contributed by atoms with Crippen LogP contribution in [0.1, 0.15) is 24.0 Å². The molecule has 0 bridgehead atoms. The molecule has 0 amide bonds. The van der Waals surface area contributed by atoms with Gasteiger partial charge in [0.15, 0.2) is 5.96 Å². The van der Waals surface area contributed by atoms with Gasteiger partial charge in [0, 0.05) is 45.5 Å². The van der Waals surface area contributed by atoms with Gasteiger partial charge in [-0.2, -0.15) is 0 Å². The molecule has 2 aliphatic rings. The highest BCUT2D eigenvalue weighted by atomic mass is 127. The van der Waals surface area contributed by atoms with Crippen LogP contribution in [0, 0.1) is 19.8 Å². The Labute approximate surface area is 157 Å². The van der Waals surface area contributed by atoms with Crippen molar-refractivity contribution in [3.63, 3.8) is 0 Å². The first-order valence-electron chi connectivity index (χ1n) is 8.46. The van der Waals surface area contributed by atoms with E-state index in [0.717, 1.165) is 44.6 Å². The SMILES string of the molecule is CN=C(NCC1CC1)N1CCN(c2cccc(C)c2C)CC1.I. The molecule has 0 unspecified atom stereocenters. The molecule has 1 N–H and O–H groups in total. The summed E-state index contributed by atoms with van der Waals surface area (Å²) < 4.78 is 0. The lowest BCUT2D eigenvalue weighted by atomic mass is 10.1. The number of nitrogens with zero attached hydrogens (tertiary/aromatic N) is 3. The van der Waals surface area contributed by atoms with E-state index >= 15 is 0 Å². The Morgan fingerprint density at radius 1 is 1.17 bits per heavy atom. The average molecular weight is 428 g/mol. The summed E-state index contributed by atoms with van der Waals surface area (Å²) in [5, 5.41) is 3.53. The van der Waals surface area contributed by atoms with Gasteiger partial charge in [-0.25, -0.2) is 0 Å². The van der Waals surface area contributed by atoms with Gasteiger partial charge < -0.3 is 15.1 Å². The van der Waals surface area contributed by atoms with E-state index in [4.69, 9.17) is 0 Å². The summed E-state index contributed by atoms with van der Waals surface area (Å²) in [6.07, 6.45) is 2.76. The number of piperazine rings is 1. The smallest absolute Gasteiger partial charge is 0.193 e. The van der Waals surface area contributed by atoms with Crippen LogP contribution in [0.4, 0.5) is 5.69 Å². The zero-order valence-corrected chi connectivity index (χ0v) is 16.8. The van der Waals surface area contributed by atoms with Crippen LogP contribution in [0.3, 0.4) is 0 Å². The maximum atomic E-state index is 4.45. The van der Waals surface area contributed by atoms with Crippen molar-refractivity contribution < 1.29 is 0 Å². The molecule has 0 spiro atoms. The molecule has 1 saturated carbocycles. The van der Waals surface area contributed by atoms with Gasteiger partial charge in [0.25, 0.3) is 0 Å². The van der Waals surface area contributed by atoms with Crippen molar-refractivity contribution in [2.45, 2.75) is 26.7 Å².